The summed E-state index contributed by atoms with van der Waals surface area (Å²) in [5, 5.41) is 2.69. The summed E-state index contributed by atoms with van der Waals surface area (Å²) in [7, 11) is -3.44. The van der Waals surface area contributed by atoms with Crippen LogP contribution in [0.3, 0.4) is 0 Å². The molecule has 0 aliphatic carbocycles. The molecule has 2 aliphatic heterocycles. The molecule has 2 amide bonds. The molecule has 2 fully saturated rings. The predicted octanol–water partition coefficient (Wildman–Crippen LogP) is 3.46. The number of sulfonamides is 1. The smallest absolute Gasteiger partial charge is 0.321 e. The molecular formula is C23H37FN4O4S. The number of likely N-dealkylation sites (tertiary alicyclic amines) is 1. The first kappa shape index (κ1) is 25.7. The highest BCUT2D eigenvalue weighted by Crippen LogP contribution is 2.30. The maximum atomic E-state index is 15.1. The zero-order chi connectivity index (χ0) is 24.6. The van der Waals surface area contributed by atoms with Gasteiger partial charge in [-0.1, -0.05) is 0 Å². The number of carbonyl (C=O) groups is 1. The topological polar surface area (TPSA) is 91.0 Å². The molecule has 8 nitrogen and oxygen atoms in total. The summed E-state index contributed by atoms with van der Waals surface area (Å²) in [6.45, 7) is 12.8. The van der Waals surface area contributed by atoms with Crippen LogP contribution in [0, 0.1) is 12.7 Å². The number of carbonyl (C=O) groups excluding carboxylic acids is 1. The Kier molecular flexibility index (Phi) is 7.60. The van der Waals surface area contributed by atoms with Gasteiger partial charge >= 0.3 is 6.03 Å². The molecule has 2 N–H and O–H groups in total. The molecule has 186 valence electrons. The standard InChI is InChI=1S/C23H37FN4O4S/c1-15-13-28(14-16(2)32-15)20-8-7-19(21(24)17(20)3)25-22(29)27-11-9-18(10-12-27)26-33(30,31)23(4,5)6/h7-8,15-16,18,26H,9-14H2,1-6H3,(H,25,29)/t15-,16+. The van der Waals surface area contributed by atoms with E-state index in [1.54, 1.807) is 38.7 Å². The van der Waals surface area contributed by atoms with Gasteiger partial charge in [-0.15, -0.1) is 0 Å². The molecule has 2 aliphatic rings. The molecule has 0 bridgehead atoms. The molecule has 2 heterocycles. The quantitative estimate of drug-likeness (QED) is 0.683. The molecule has 0 aromatic heterocycles. The molecule has 1 aromatic rings. The van der Waals surface area contributed by atoms with Crippen LogP contribution in [0.25, 0.3) is 0 Å². The van der Waals surface area contributed by atoms with Crippen LogP contribution in [-0.2, 0) is 14.8 Å². The van der Waals surface area contributed by atoms with Gasteiger partial charge in [0.25, 0.3) is 0 Å². The third kappa shape index (κ3) is 5.96. The van der Waals surface area contributed by atoms with E-state index in [-0.39, 0.29) is 30.0 Å². The van der Waals surface area contributed by atoms with Crippen molar-refractivity contribution >= 4 is 27.4 Å². The van der Waals surface area contributed by atoms with Crippen LogP contribution in [0.4, 0.5) is 20.6 Å². The van der Waals surface area contributed by atoms with E-state index in [4.69, 9.17) is 4.74 Å². The Morgan fingerprint density at radius 2 is 1.70 bits per heavy atom. The molecule has 0 radical (unpaired) electrons. The fraction of sp³-hybridized carbons (Fsp3) is 0.696. The zero-order valence-corrected chi connectivity index (χ0v) is 21.3. The van der Waals surface area contributed by atoms with E-state index >= 15 is 4.39 Å². The molecule has 0 saturated carbocycles. The number of hydrogen-bond donors (Lipinski definition) is 2. The second kappa shape index (κ2) is 9.76. The van der Waals surface area contributed by atoms with Crippen LogP contribution in [-0.4, -0.2) is 68.5 Å². The number of anilines is 2. The molecular weight excluding hydrogens is 447 g/mol. The lowest BCUT2D eigenvalue weighted by Crippen LogP contribution is -2.50. The Labute approximate surface area is 196 Å². The first-order valence-corrected chi connectivity index (χ1v) is 13.0. The van der Waals surface area contributed by atoms with Gasteiger partial charge < -0.3 is 19.9 Å². The number of benzene rings is 1. The monoisotopic (exact) mass is 484 g/mol. The minimum absolute atomic E-state index is 0.0615. The minimum atomic E-state index is -3.44. The average Bonchev–Trinajstić information content (AvgIpc) is 2.70. The van der Waals surface area contributed by atoms with Gasteiger partial charge in [-0.05, 0) is 66.5 Å². The molecule has 0 spiro atoms. The molecule has 2 atom stereocenters. The second-order valence-electron chi connectivity index (χ2n) is 10.2. The van der Waals surface area contributed by atoms with E-state index in [0.717, 1.165) is 5.69 Å². The van der Waals surface area contributed by atoms with Crippen molar-refractivity contribution < 1.29 is 22.3 Å². The number of halogens is 1. The van der Waals surface area contributed by atoms with Gasteiger partial charge in [-0.25, -0.2) is 22.3 Å². The maximum Gasteiger partial charge on any atom is 0.321 e. The van der Waals surface area contributed by atoms with Gasteiger partial charge in [-0.3, -0.25) is 0 Å². The molecule has 2 saturated heterocycles. The molecule has 10 heteroatoms. The Bertz CT molecular complexity index is 961. The van der Waals surface area contributed by atoms with Crippen LogP contribution >= 0.6 is 0 Å². The normalized spacial score (nSPS) is 23.0. The fourth-order valence-corrected chi connectivity index (χ4v) is 5.31. The highest BCUT2D eigenvalue weighted by Gasteiger charge is 2.33. The van der Waals surface area contributed by atoms with Gasteiger partial charge in [0.1, 0.15) is 0 Å². The molecule has 1 aromatic carbocycles. The molecule has 33 heavy (non-hydrogen) atoms. The third-order valence-corrected chi connectivity index (χ3v) is 8.53. The number of rotatable bonds is 4. The second-order valence-corrected chi connectivity index (χ2v) is 12.6. The highest BCUT2D eigenvalue weighted by atomic mass is 32.2. The summed E-state index contributed by atoms with van der Waals surface area (Å²) in [5.74, 6) is -0.444. The van der Waals surface area contributed by atoms with Gasteiger partial charge in [0.2, 0.25) is 10.0 Å². The maximum absolute atomic E-state index is 15.1. The third-order valence-electron chi connectivity index (χ3n) is 6.27. The highest BCUT2D eigenvalue weighted by molar-refractivity contribution is 7.90. The van der Waals surface area contributed by atoms with Gasteiger partial charge in [0.05, 0.1) is 22.6 Å². The molecule has 3 rings (SSSR count). The van der Waals surface area contributed by atoms with E-state index in [1.165, 1.54) is 0 Å². The predicted molar refractivity (Wildman–Crippen MR) is 129 cm³/mol. The van der Waals surface area contributed by atoms with Crippen molar-refractivity contribution in [3.05, 3.63) is 23.5 Å². The Balaban J connectivity index is 1.60. The lowest BCUT2D eigenvalue weighted by Gasteiger charge is -2.37. The number of nitrogens with zero attached hydrogens (tertiary/aromatic N) is 2. The Morgan fingerprint density at radius 3 is 2.24 bits per heavy atom. The summed E-state index contributed by atoms with van der Waals surface area (Å²) < 4.78 is 47.5. The number of hydrogen-bond acceptors (Lipinski definition) is 5. The summed E-state index contributed by atoms with van der Waals surface area (Å²) in [6, 6.07) is 2.85. The van der Waals surface area contributed by atoms with Crippen LogP contribution in [0.15, 0.2) is 12.1 Å². The number of piperidine rings is 1. The lowest BCUT2D eigenvalue weighted by atomic mass is 10.1. The number of ether oxygens (including phenoxy) is 1. The van der Waals surface area contributed by atoms with Gasteiger partial charge in [-0.2, -0.15) is 0 Å². The summed E-state index contributed by atoms with van der Waals surface area (Å²) in [6.07, 6.45) is 1.14. The minimum Gasteiger partial charge on any atom is -0.372 e. The van der Waals surface area contributed by atoms with Gasteiger partial charge in [0.15, 0.2) is 5.82 Å². The van der Waals surface area contributed by atoms with Crippen LogP contribution in [0.1, 0.15) is 53.0 Å². The van der Waals surface area contributed by atoms with E-state index in [2.05, 4.69) is 14.9 Å². The van der Waals surface area contributed by atoms with Crippen molar-refractivity contribution in [1.29, 1.82) is 0 Å². The Hall–Kier alpha value is -1.91. The first-order valence-electron chi connectivity index (χ1n) is 11.6. The van der Waals surface area contributed by atoms with Crippen LogP contribution in [0.5, 0.6) is 0 Å². The summed E-state index contributed by atoms with van der Waals surface area (Å²) in [4.78, 5) is 16.4. The summed E-state index contributed by atoms with van der Waals surface area (Å²) >= 11 is 0. The average molecular weight is 485 g/mol. The number of urea groups is 1. The SMILES string of the molecule is Cc1c(N2C[C@@H](C)O[C@@H](C)C2)ccc(NC(=O)N2CCC(NS(=O)(=O)C(C)(C)C)CC2)c1F. The summed E-state index contributed by atoms with van der Waals surface area (Å²) in [5.41, 5.74) is 1.44. The number of nitrogens with one attached hydrogen (secondary N) is 2. The van der Waals surface area contributed by atoms with Crippen molar-refractivity contribution in [1.82, 2.24) is 9.62 Å². The van der Waals surface area contributed by atoms with E-state index in [9.17, 15) is 13.2 Å². The van der Waals surface area contributed by atoms with E-state index in [0.29, 0.717) is 44.6 Å². The van der Waals surface area contributed by atoms with Gasteiger partial charge in [0, 0.05) is 43.5 Å². The number of amides is 2. The fourth-order valence-electron chi connectivity index (χ4n) is 4.28. The zero-order valence-electron chi connectivity index (χ0n) is 20.4. The number of morpholine rings is 1. The lowest BCUT2D eigenvalue weighted by molar-refractivity contribution is -0.00526. The largest absolute Gasteiger partial charge is 0.372 e. The van der Waals surface area contributed by atoms with Crippen molar-refractivity contribution in [3.8, 4) is 0 Å². The van der Waals surface area contributed by atoms with Crippen molar-refractivity contribution in [3.63, 3.8) is 0 Å². The van der Waals surface area contributed by atoms with Crippen LogP contribution < -0.4 is 14.9 Å². The Morgan fingerprint density at radius 1 is 1.12 bits per heavy atom. The van der Waals surface area contributed by atoms with E-state index in [1.807, 2.05) is 19.9 Å². The first-order chi connectivity index (χ1) is 15.3. The van der Waals surface area contributed by atoms with Crippen LogP contribution in [0.2, 0.25) is 0 Å². The molecule has 0 unspecified atom stereocenters. The van der Waals surface area contributed by atoms with Crippen molar-refractivity contribution in [2.75, 3.05) is 36.4 Å². The van der Waals surface area contributed by atoms with E-state index < -0.39 is 20.6 Å². The van der Waals surface area contributed by atoms with Crippen molar-refractivity contribution in [2.24, 2.45) is 0 Å². The van der Waals surface area contributed by atoms with Crippen molar-refractivity contribution in [2.45, 2.75) is 77.4 Å².